The van der Waals surface area contributed by atoms with Gasteiger partial charge in [0.2, 0.25) is 0 Å². The van der Waals surface area contributed by atoms with Crippen LogP contribution in [-0.4, -0.2) is 34.7 Å². The molecule has 0 saturated heterocycles. The van der Waals surface area contributed by atoms with Crippen LogP contribution in [0.15, 0.2) is 29.6 Å². The number of halogens is 10. The molecule has 1 aromatic heterocycles. The Labute approximate surface area is 207 Å². The molecule has 2 heterocycles. The Hall–Kier alpha value is -3.03. The molecule has 0 spiro atoms. The van der Waals surface area contributed by atoms with Crippen molar-refractivity contribution in [3.63, 3.8) is 0 Å². The van der Waals surface area contributed by atoms with Gasteiger partial charge in [-0.25, -0.2) is 13.2 Å². The van der Waals surface area contributed by atoms with E-state index in [4.69, 9.17) is 11.6 Å². The molecule has 1 amide bonds. The summed E-state index contributed by atoms with van der Waals surface area (Å²) in [7, 11) is 0. The lowest BCUT2D eigenvalue weighted by molar-refractivity contribution is -0.276. The molecule has 15 heteroatoms. The van der Waals surface area contributed by atoms with Crippen LogP contribution in [0.1, 0.15) is 52.0 Å². The van der Waals surface area contributed by atoms with E-state index in [1.807, 2.05) is 0 Å². The number of hydrogen-bond donors (Lipinski definition) is 1. The first-order chi connectivity index (χ1) is 16.9. The molecule has 2 aromatic rings. The van der Waals surface area contributed by atoms with E-state index in [2.05, 4.69) is 20.3 Å². The molecule has 1 aromatic carbocycles. The average molecular weight is 560 g/mol. The van der Waals surface area contributed by atoms with E-state index < -0.39 is 82.8 Å². The highest BCUT2D eigenvalue weighted by Gasteiger charge is 2.64. The van der Waals surface area contributed by atoms with Gasteiger partial charge in [0.05, 0.1) is 28.3 Å². The van der Waals surface area contributed by atoms with Crippen molar-refractivity contribution in [2.24, 2.45) is 5.16 Å². The summed E-state index contributed by atoms with van der Waals surface area (Å²) in [6.45, 7) is 1.40. The molecule has 0 radical (unpaired) electrons. The first kappa shape index (κ1) is 27.0. The Morgan fingerprint density at radius 1 is 1.14 bits per heavy atom. The average Bonchev–Trinajstić information content (AvgIpc) is 3.20. The van der Waals surface area contributed by atoms with Gasteiger partial charge < -0.3 is 10.2 Å². The van der Waals surface area contributed by atoms with E-state index in [9.17, 15) is 44.3 Å². The minimum atomic E-state index is -5.44. The molecule has 2 aliphatic rings. The number of aromatic nitrogens is 1. The van der Waals surface area contributed by atoms with E-state index >= 15 is 0 Å². The summed E-state index contributed by atoms with van der Waals surface area (Å²) < 4.78 is 123. The number of aryl methyl sites for hydroxylation is 1. The van der Waals surface area contributed by atoms with Gasteiger partial charge in [-0.15, -0.1) is 0 Å². The number of benzene rings is 1. The minimum Gasteiger partial charge on any atom is -0.374 e. The van der Waals surface area contributed by atoms with Crippen LogP contribution in [0, 0.1) is 12.7 Å². The van der Waals surface area contributed by atoms with Gasteiger partial charge in [-0.1, -0.05) is 16.8 Å². The number of alkyl halides is 8. The van der Waals surface area contributed by atoms with Crippen LogP contribution in [0.2, 0.25) is 5.02 Å². The highest BCUT2D eigenvalue weighted by Crippen LogP contribution is 2.51. The van der Waals surface area contributed by atoms with Crippen molar-refractivity contribution in [1.29, 1.82) is 0 Å². The van der Waals surface area contributed by atoms with E-state index in [-0.39, 0.29) is 29.0 Å². The monoisotopic (exact) mass is 559 g/mol. The van der Waals surface area contributed by atoms with Crippen molar-refractivity contribution in [2.45, 2.75) is 56.1 Å². The van der Waals surface area contributed by atoms with Crippen LogP contribution in [0.25, 0.3) is 0 Å². The summed E-state index contributed by atoms with van der Waals surface area (Å²) in [6.07, 6.45) is -11.9. The number of carbonyl (C=O) groups is 1. The van der Waals surface area contributed by atoms with Crippen LogP contribution in [-0.2, 0) is 16.6 Å². The number of oxime groups is 1. The lowest BCUT2D eigenvalue weighted by atomic mass is 9.85. The van der Waals surface area contributed by atoms with E-state index in [0.717, 1.165) is 12.3 Å². The number of nitrogens with zero attached hydrogens (tertiary/aromatic N) is 2. The third-order valence-corrected chi connectivity index (χ3v) is 6.33. The molecule has 1 aliphatic heterocycles. The molecule has 1 N–H and O–H groups in total. The summed E-state index contributed by atoms with van der Waals surface area (Å²) >= 11 is 5.48. The zero-order valence-electron chi connectivity index (χ0n) is 18.5. The third-order valence-electron chi connectivity index (χ3n) is 6.05. The highest BCUT2D eigenvalue weighted by molar-refractivity contribution is 6.30. The molecule has 5 nitrogen and oxygen atoms in total. The zero-order chi connectivity index (χ0) is 27.6. The van der Waals surface area contributed by atoms with Gasteiger partial charge in [-0.05, 0) is 30.7 Å². The second-order valence-electron chi connectivity index (χ2n) is 8.77. The smallest absolute Gasteiger partial charge is 0.374 e. The Bertz CT molecular complexity index is 1290. The lowest BCUT2D eigenvalue weighted by Gasteiger charge is -2.35. The number of rotatable bonds is 4. The van der Waals surface area contributed by atoms with Crippen molar-refractivity contribution in [3.8, 4) is 0 Å². The molecule has 1 atom stereocenters. The predicted molar refractivity (Wildman–Crippen MR) is 111 cm³/mol. The van der Waals surface area contributed by atoms with Crippen molar-refractivity contribution in [2.75, 3.05) is 0 Å². The van der Waals surface area contributed by atoms with Gasteiger partial charge in [-0.3, -0.25) is 9.78 Å². The molecule has 4 rings (SSSR count). The molecule has 1 saturated carbocycles. The van der Waals surface area contributed by atoms with E-state index in [1.54, 1.807) is 0 Å². The van der Waals surface area contributed by atoms with Gasteiger partial charge in [0.25, 0.3) is 17.4 Å². The SMILES string of the molecule is Cc1cc(C2=NO[C@](c3cc(C(F)(F)F)cc(Cl)c3F)(C(F)(F)F)C2)ncc1C(=O)NC1CC(F)(F)C1. The topological polar surface area (TPSA) is 63.6 Å². The standard InChI is InChI=1S/C22H15ClF9N3O2/c1-9-2-15(33-8-12(9)18(36)34-11-5-19(25,26)6-11)16-7-20(37-35-16,22(30,31)32)13-3-10(21(27,28)29)4-14(23)17(13)24/h2-4,8,11H,5-7H2,1H3,(H,34,36)/t20-/m1/s1. The summed E-state index contributed by atoms with van der Waals surface area (Å²) in [5.41, 5.74) is -7.34. The molecule has 0 unspecified atom stereocenters. The number of pyridine rings is 1. The highest BCUT2D eigenvalue weighted by atomic mass is 35.5. The minimum absolute atomic E-state index is 0.0384. The second kappa shape index (κ2) is 8.77. The first-order valence-electron chi connectivity index (χ1n) is 10.5. The summed E-state index contributed by atoms with van der Waals surface area (Å²) in [6, 6.07) is 0.522. The molecule has 1 fully saturated rings. The maximum absolute atomic E-state index is 14.7. The predicted octanol–water partition coefficient (Wildman–Crippen LogP) is 6.31. The van der Waals surface area contributed by atoms with E-state index in [0.29, 0.717) is 0 Å². The van der Waals surface area contributed by atoms with Gasteiger partial charge in [-0.2, -0.15) is 26.3 Å². The van der Waals surface area contributed by atoms with Gasteiger partial charge in [0.1, 0.15) is 11.5 Å². The quantitative estimate of drug-likeness (QED) is 0.447. The van der Waals surface area contributed by atoms with Crippen LogP contribution < -0.4 is 5.32 Å². The largest absolute Gasteiger partial charge is 0.435 e. The Morgan fingerprint density at radius 2 is 1.78 bits per heavy atom. The van der Waals surface area contributed by atoms with Crippen molar-refractivity contribution < 1.29 is 49.1 Å². The van der Waals surface area contributed by atoms with Crippen LogP contribution in [0.5, 0.6) is 0 Å². The Balaban J connectivity index is 1.63. The number of hydrogen-bond acceptors (Lipinski definition) is 4. The summed E-state index contributed by atoms with van der Waals surface area (Å²) in [4.78, 5) is 20.8. The van der Waals surface area contributed by atoms with Gasteiger partial charge in [0, 0.05) is 30.6 Å². The first-order valence-corrected chi connectivity index (χ1v) is 10.9. The summed E-state index contributed by atoms with van der Waals surface area (Å²) in [5.74, 6) is -5.36. The fraction of sp³-hybridized carbons (Fsp3) is 0.409. The van der Waals surface area contributed by atoms with Crippen molar-refractivity contribution >= 4 is 23.2 Å². The van der Waals surface area contributed by atoms with Crippen molar-refractivity contribution in [1.82, 2.24) is 10.3 Å². The molecule has 0 bridgehead atoms. The maximum Gasteiger partial charge on any atom is 0.435 e. The number of nitrogens with one attached hydrogen (secondary N) is 1. The lowest BCUT2D eigenvalue weighted by Crippen LogP contribution is -2.50. The van der Waals surface area contributed by atoms with Crippen LogP contribution in [0.4, 0.5) is 39.5 Å². The second-order valence-corrected chi connectivity index (χ2v) is 9.17. The van der Waals surface area contributed by atoms with E-state index in [1.165, 1.54) is 6.92 Å². The van der Waals surface area contributed by atoms with Gasteiger partial charge >= 0.3 is 12.4 Å². The molecule has 1 aliphatic carbocycles. The van der Waals surface area contributed by atoms with Crippen molar-refractivity contribution in [3.05, 3.63) is 63.2 Å². The number of amides is 1. The fourth-order valence-corrected chi connectivity index (χ4v) is 4.26. The summed E-state index contributed by atoms with van der Waals surface area (Å²) in [5, 5.41) is 4.52. The zero-order valence-corrected chi connectivity index (χ0v) is 19.3. The third kappa shape index (κ3) is 4.94. The van der Waals surface area contributed by atoms with Gasteiger partial charge in [0.15, 0.2) is 0 Å². The normalized spacial score (nSPS) is 21.8. The molecule has 200 valence electrons. The molecule has 37 heavy (non-hydrogen) atoms. The Morgan fingerprint density at radius 3 is 2.32 bits per heavy atom. The van der Waals surface area contributed by atoms with Crippen LogP contribution >= 0.6 is 11.6 Å². The van der Waals surface area contributed by atoms with Crippen LogP contribution in [0.3, 0.4) is 0 Å². The molecular weight excluding hydrogens is 545 g/mol. The fourth-order valence-electron chi connectivity index (χ4n) is 4.04. The maximum atomic E-state index is 14.7. The molecular formula is C22H15ClF9N3O2. The number of carbonyl (C=O) groups excluding carboxylic acids is 1. The Kier molecular flexibility index (Phi) is 6.41.